The third-order valence-corrected chi connectivity index (χ3v) is 2.09. The molecule has 3 N–H and O–H groups in total. The molecule has 108 valence electrons. The van der Waals surface area contributed by atoms with Crippen molar-refractivity contribution in [2.45, 2.75) is 26.4 Å². The molecular weight excluding hydrogens is 266 g/mol. The van der Waals surface area contributed by atoms with Gasteiger partial charge in [-0.25, -0.2) is 9.59 Å². The fourth-order valence-electron chi connectivity index (χ4n) is 1.32. The summed E-state index contributed by atoms with van der Waals surface area (Å²) in [6.45, 7) is 5.04. The Morgan fingerprint density at radius 3 is 2.25 bits per heavy atom. The summed E-state index contributed by atoms with van der Waals surface area (Å²) in [5.74, 6) is -3.20. The summed E-state index contributed by atoms with van der Waals surface area (Å²) in [6, 6.07) is 3.36. The number of ketones is 1. The fraction of sp³-hybridized carbons (Fsp3) is 0.308. The van der Waals surface area contributed by atoms with Gasteiger partial charge in [0.15, 0.2) is 0 Å². The van der Waals surface area contributed by atoms with Crippen LogP contribution >= 0.6 is 0 Å². The molecule has 7 nitrogen and oxygen atoms in total. The van der Waals surface area contributed by atoms with Crippen LogP contribution in [-0.2, 0) is 9.53 Å². The van der Waals surface area contributed by atoms with Gasteiger partial charge in [0.05, 0.1) is 5.69 Å². The quantitative estimate of drug-likeness (QED) is 0.443. The highest BCUT2D eigenvalue weighted by Crippen LogP contribution is 2.25. The lowest BCUT2D eigenvalue weighted by Gasteiger charge is -2.20. The molecule has 0 heterocycles. The van der Waals surface area contributed by atoms with E-state index >= 15 is 0 Å². The van der Waals surface area contributed by atoms with E-state index in [0.717, 1.165) is 6.07 Å². The van der Waals surface area contributed by atoms with E-state index in [1.165, 1.54) is 12.1 Å². The van der Waals surface area contributed by atoms with Gasteiger partial charge in [0.1, 0.15) is 11.4 Å². The monoisotopic (exact) mass is 281 g/mol. The number of hydrogen-bond donors (Lipinski definition) is 3. The molecule has 1 aromatic rings. The van der Waals surface area contributed by atoms with Gasteiger partial charge in [0, 0.05) is 5.56 Å². The average Bonchev–Trinajstić information content (AvgIpc) is 2.28. The number of hydrogen-bond acceptors (Lipinski definition) is 5. The molecule has 0 aliphatic rings. The van der Waals surface area contributed by atoms with E-state index in [0.29, 0.717) is 0 Å². The van der Waals surface area contributed by atoms with Gasteiger partial charge >= 0.3 is 12.1 Å². The van der Waals surface area contributed by atoms with E-state index in [-0.39, 0.29) is 11.3 Å². The minimum atomic E-state index is -1.63. The number of phenolic OH excluding ortho intramolecular Hbond substituents is 1. The van der Waals surface area contributed by atoms with Gasteiger partial charge in [-0.1, -0.05) is 0 Å². The topological polar surface area (TPSA) is 113 Å². The first-order chi connectivity index (χ1) is 9.10. The van der Waals surface area contributed by atoms with Crippen molar-refractivity contribution in [1.29, 1.82) is 0 Å². The lowest BCUT2D eigenvalue weighted by atomic mass is 10.1. The van der Waals surface area contributed by atoms with Crippen LogP contribution in [0.25, 0.3) is 0 Å². The second-order valence-corrected chi connectivity index (χ2v) is 4.99. The normalized spacial score (nSPS) is 10.8. The number of rotatable bonds is 3. The first kappa shape index (κ1) is 15.5. The van der Waals surface area contributed by atoms with Crippen molar-refractivity contribution in [3.8, 4) is 5.75 Å². The van der Waals surface area contributed by atoms with E-state index < -0.39 is 29.2 Å². The van der Waals surface area contributed by atoms with Gasteiger partial charge in [-0.3, -0.25) is 10.1 Å². The second-order valence-electron chi connectivity index (χ2n) is 4.99. The van der Waals surface area contributed by atoms with Gasteiger partial charge in [-0.2, -0.15) is 0 Å². The van der Waals surface area contributed by atoms with Crippen LogP contribution in [0, 0.1) is 0 Å². The number of phenols is 1. The van der Waals surface area contributed by atoms with Crippen molar-refractivity contribution in [2.24, 2.45) is 0 Å². The Kier molecular flexibility index (Phi) is 4.34. The molecular formula is C13H15NO6. The number of aromatic hydroxyl groups is 1. The van der Waals surface area contributed by atoms with Crippen molar-refractivity contribution in [2.75, 3.05) is 5.32 Å². The van der Waals surface area contributed by atoms with E-state index in [1.807, 2.05) is 0 Å². The lowest BCUT2D eigenvalue weighted by Crippen LogP contribution is -2.27. The maximum Gasteiger partial charge on any atom is 0.412 e. The zero-order chi connectivity index (χ0) is 15.5. The van der Waals surface area contributed by atoms with E-state index in [9.17, 15) is 19.5 Å². The zero-order valence-corrected chi connectivity index (χ0v) is 11.3. The zero-order valence-electron chi connectivity index (χ0n) is 11.3. The summed E-state index contributed by atoms with van der Waals surface area (Å²) in [5, 5.41) is 20.5. The number of amides is 1. The fourth-order valence-corrected chi connectivity index (χ4v) is 1.32. The summed E-state index contributed by atoms with van der Waals surface area (Å²) in [7, 11) is 0. The van der Waals surface area contributed by atoms with Gasteiger partial charge < -0.3 is 14.9 Å². The number of carbonyl (C=O) groups is 3. The molecule has 0 aromatic heterocycles. The largest absolute Gasteiger partial charge is 0.506 e. The number of carboxylic acid groups (broad SMARTS) is 1. The van der Waals surface area contributed by atoms with Gasteiger partial charge in [0.25, 0.3) is 5.78 Å². The second kappa shape index (κ2) is 5.60. The predicted molar refractivity (Wildman–Crippen MR) is 69.9 cm³/mol. The Bertz CT molecular complexity index is 558. The summed E-state index contributed by atoms with van der Waals surface area (Å²) < 4.78 is 4.99. The number of nitrogens with one attached hydrogen (secondary N) is 1. The Labute approximate surface area is 115 Å². The first-order valence-electron chi connectivity index (χ1n) is 5.71. The van der Waals surface area contributed by atoms with Crippen LogP contribution in [0.3, 0.4) is 0 Å². The highest BCUT2D eigenvalue weighted by Gasteiger charge is 2.19. The minimum absolute atomic E-state index is 0.0150. The molecule has 1 rings (SSSR count). The molecule has 0 aliphatic heterocycles. The molecule has 20 heavy (non-hydrogen) atoms. The Balaban J connectivity index is 2.87. The molecule has 1 aromatic carbocycles. The molecule has 1 amide bonds. The SMILES string of the molecule is CC(C)(C)OC(=O)Nc1ccc(C(=O)C(=O)O)cc1O. The van der Waals surface area contributed by atoms with Gasteiger partial charge in [0.2, 0.25) is 0 Å². The highest BCUT2D eigenvalue weighted by atomic mass is 16.6. The van der Waals surface area contributed by atoms with Crippen molar-refractivity contribution in [1.82, 2.24) is 0 Å². The van der Waals surface area contributed by atoms with Crippen LogP contribution in [0.1, 0.15) is 31.1 Å². The van der Waals surface area contributed by atoms with Crippen LogP contribution in [0.4, 0.5) is 10.5 Å². The third kappa shape index (κ3) is 4.27. The standard InChI is InChI=1S/C13H15NO6/c1-13(2,3)20-12(19)14-8-5-4-7(6-9(8)15)10(16)11(17)18/h4-6,15H,1-3H3,(H,14,19)(H,17,18). The Hall–Kier alpha value is -2.57. The summed E-state index contributed by atoms with van der Waals surface area (Å²) >= 11 is 0. The van der Waals surface area contributed by atoms with Gasteiger partial charge in [-0.15, -0.1) is 0 Å². The number of Topliss-reactive ketones (excluding diaryl/α,β-unsaturated/α-hetero) is 1. The molecule has 0 fully saturated rings. The molecule has 0 spiro atoms. The van der Waals surface area contributed by atoms with Crippen LogP contribution in [0.15, 0.2) is 18.2 Å². The van der Waals surface area contributed by atoms with Crippen molar-refractivity contribution in [3.05, 3.63) is 23.8 Å². The molecule has 0 radical (unpaired) electrons. The highest BCUT2D eigenvalue weighted by molar-refractivity contribution is 6.39. The van der Waals surface area contributed by atoms with Gasteiger partial charge in [-0.05, 0) is 39.0 Å². The molecule has 0 saturated carbocycles. The van der Waals surface area contributed by atoms with E-state index in [2.05, 4.69) is 5.32 Å². The lowest BCUT2D eigenvalue weighted by molar-refractivity contribution is -0.131. The third-order valence-electron chi connectivity index (χ3n) is 2.09. The molecule has 0 atom stereocenters. The number of benzene rings is 1. The molecule has 0 saturated heterocycles. The molecule has 0 unspecified atom stereocenters. The molecule has 7 heteroatoms. The summed E-state index contributed by atoms with van der Waals surface area (Å²) in [6.07, 6.45) is -0.773. The number of aliphatic carboxylic acids is 1. The van der Waals surface area contributed by atoms with Crippen LogP contribution in [0.2, 0.25) is 0 Å². The van der Waals surface area contributed by atoms with Crippen LogP contribution in [0.5, 0.6) is 5.75 Å². The first-order valence-corrected chi connectivity index (χ1v) is 5.71. The molecule has 0 bridgehead atoms. The maximum atomic E-state index is 11.5. The van der Waals surface area contributed by atoms with E-state index in [4.69, 9.17) is 9.84 Å². The summed E-state index contributed by atoms with van der Waals surface area (Å²) in [5.41, 5.74) is -0.871. The number of carboxylic acids is 1. The number of ether oxygens (including phenoxy) is 1. The Morgan fingerprint density at radius 1 is 1.20 bits per heavy atom. The van der Waals surface area contributed by atoms with Crippen LogP contribution in [-0.4, -0.2) is 33.7 Å². The predicted octanol–water partition coefficient (Wildman–Crippen LogP) is 2.01. The Morgan fingerprint density at radius 2 is 1.80 bits per heavy atom. The minimum Gasteiger partial charge on any atom is -0.506 e. The van der Waals surface area contributed by atoms with Crippen molar-refractivity contribution < 1.29 is 29.3 Å². The number of anilines is 1. The van der Waals surface area contributed by atoms with Crippen LogP contribution < -0.4 is 5.32 Å². The average molecular weight is 281 g/mol. The summed E-state index contributed by atoms with van der Waals surface area (Å²) in [4.78, 5) is 33.2. The smallest absolute Gasteiger partial charge is 0.412 e. The maximum absolute atomic E-state index is 11.5. The molecule has 0 aliphatic carbocycles. The van der Waals surface area contributed by atoms with Crippen molar-refractivity contribution >= 4 is 23.5 Å². The number of carbonyl (C=O) groups excluding carboxylic acids is 2. The van der Waals surface area contributed by atoms with E-state index in [1.54, 1.807) is 20.8 Å². The van der Waals surface area contributed by atoms with Crippen molar-refractivity contribution in [3.63, 3.8) is 0 Å².